The summed E-state index contributed by atoms with van der Waals surface area (Å²) >= 11 is 0. The van der Waals surface area contributed by atoms with Gasteiger partial charge in [-0.1, -0.05) is 0 Å². The first kappa shape index (κ1) is 15.9. The maximum Gasteiger partial charge on any atom is 0.337 e. The van der Waals surface area contributed by atoms with Crippen LogP contribution in [0.4, 0.5) is 5.82 Å². The minimum Gasteiger partial charge on any atom is -0.381 e. The standard InChI is InChI=1S/C13H19N5O4S/c1-21-9-5-3-4-8(6-9)16-12-10-11(15-7-14-10)17-13(18-12)22-23(2,19)20/h7-9H,3-6H2,1-2H3,(H2,14,15,16,17,18). The number of hydrogen-bond acceptors (Lipinski definition) is 8. The van der Waals surface area contributed by atoms with Crippen LogP contribution in [0.25, 0.3) is 11.2 Å². The fourth-order valence-electron chi connectivity index (χ4n) is 2.77. The number of nitrogens with one attached hydrogen (secondary N) is 2. The molecule has 1 aliphatic carbocycles. The van der Waals surface area contributed by atoms with E-state index in [4.69, 9.17) is 8.92 Å². The molecule has 0 spiro atoms. The molecule has 0 aromatic carbocycles. The number of ether oxygens (including phenoxy) is 1. The highest BCUT2D eigenvalue weighted by Crippen LogP contribution is 2.26. The van der Waals surface area contributed by atoms with Gasteiger partial charge in [-0.15, -0.1) is 0 Å². The van der Waals surface area contributed by atoms with E-state index in [0.29, 0.717) is 17.0 Å². The smallest absolute Gasteiger partial charge is 0.337 e. The Labute approximate surface area is 134 Å². The zero-order valence-electron chi connectivity index (χ0n) is 12.9. The van der Waals surface area contributed by atoms with Crippen molar-refractivity contribution >= 4 is 27.1 Å². The van der Waals surface area contributed by atoms with Gasteiger partial charge < -0.3 is 19.2 Å². The molecule has 0 saturated heterocycles. The Hall–Kier alpha value is -1.94. The summed E-state index contributed by atoms with van der Waals surface area (Å²) in [5.41, 5.74) is 0.964. The van der Waals surface area contributed by atoms with Gasteiger partial charge in [-0.05, 0) is 25.7 Å². The second-order valence-electron chi connectivity index (χ2n) is 5.61. The normalized spacial score (nSPS) is 22.2. The summed E-state index contributed by atoms with van der Waals surface area (Å²) in [4.78, 5) is 15.2. The van der Waals surface area contributed by atoms with E-state index in [0.717, 1.165) is 31.9 Å². The van der Waals surface area contributed by atoms with Crippen molar-refractivity contribution in [2.75, 3.05) is 18.7 Å². The van der Waals surface area contributed by atoms with E-state index >= 15 is 0 Å². The van der Waals surface area contributed by atoms with E-state index in [9.17, 15) is 8.42 Å². The number of imidazole rings is 1. The van der Waals surface area contributed by atoms with Crippen LogP contribution in [0.1, 0.15) is 25.7 Å². The van der Waals surface area contributed by atoms with Gasteiger partial charge in [-0.2, -0.15) is 18.4 Å². The highest BCUT2D eigenvalue weighted by atomic mass is 32.2. The van der Waals surface area contributed by atoms with E-state index in [1.807, 2.05) is 0 Å². The van der Waals surface area contributed by atoms with Gasteiger partial charge in [0.05, 0.1) is 18.7 Å². The number of methoxy groups -OCH3 is 1. The Morgan fingerprint density at radius 2 is 2.17 bits per heavy atom. The summed E-state index contributed by atoms with van der Waals surface area (Å²) in [5.74, 6) is 0.480. The topological polar surface area (TPSA) is 119 Å². The molecule has 2 aromatic rings. The molecule has 1 saturated carbocycles. The lowest BCUT2D eigenvalue weighted by Crippen LogP contribution is -2.31. The van der Waals surface area contributed by atoms with E-state index in [2.05, 4.69) is 25.3 Å². The summed E-state index contributed by atoms with van der Waals surface area (Å²) in [6, 6.07) is -0.0603. The number of aromatic nitrogens is 4. The maximum atomic E-state index is 11.3. The lowest BCUT2D eigenvalue weighted by molar-refractivity contribution is 0.0669. The lowest BCUT2D eigenvalue weighted by Gasteiger charge is -2.29. The number of anilines is 1. The van der Waals surface area contributed by atoms with Gasteiger partial charge in [0.2, 0.25) is 0 Å². The van der Waals surface area contributed by atoms with E-state index in [1.165, 1.54) is 6.33 Å². The fourth-order valence-corrected chi connectivity index (χ4v) is 3.12. The Kier molecular flexibility index (Phi) is 4.35. The number of H-pyrrole nitrogens is 1. The number of hydrogen-bond donors (Lipinski definition) is 2. The molecule has 0 amide bonds. The minimum absolute atomic E-state index is 0.182. The van der Waals surface area contributed by atoms with Crippen molar-refractivity contribution in [1.82, 2.24) is 19.9 Å². The second kappa shape index (κ2) is 6.28. The SMILES string of the molecule is COC1CCCC(Nc2nc(OS(C)(=O)=O)nc3nc[nH]c23)C1. The van der Waals surface area contributed by atoms with Crippen molar-refractivity contribution in [1.29, 1.82) is 0 Å². The molecule has 1 fully saturated rings. The molecule has 0 radical (unpaired) electrons. The van der Waals surface area contributed by atoms with Gasteiger partial charge in [0.15, 0.2) is 11.5 Å². The van der Waals surface area contributed by atoms with Crippen molar-refractivity contribution < 1.29 is 17.3 Å². The molecule has 0 bridgehead atoms. The van der Waals surface area contributed by atoms with Crippen LogP contribution >= 0.6 is 0 Å². The van der Waals surface area contributed by atoms with Crippen LogP contribution in [-0.2, 0) is 14.9 Å². The fraction of sp³-hybridized carbons (Fsp3) is 0.615. The van der Waals surface area contributed by atoms with Crippen LogP contribution < -0.4 is 9.50 Å². The second-order valence-corrected chi connectivity index (χ2v) is 7.18. The first-order chi connectivity index (χ1) is 10.9. The molecule has 2 N–H and O–H groups in total. The summed E-state index contributed by atoms with van der Waals surface area (Å²) in [6.07, 6.45) is 6.59. The van der Waals surface area contributed by atoms with Crippen LogP contribution in [0, 0.1) is 0 Å². The van der Waals surface area contributed by atoms with E-state index in [1.54, 1.807) is 7.11 Å². The maximum absolute atomic E-state index is 11.3. The molecular weight excluding hydrogens is 322 g/mol. The Bertz CT molecular complexity index is 791. The van der Waals surface area contributed by atoms with Gasteiger partial charge in [-0.25, -0.2) is 4.98 Å². The third-order valence-corrected chi connectivity index (χ3v) is 4.24. The monoisotopic (exact) mass is 341 g/mol. The van der Waals surface area contributed by atoms with Crippen molar-refractivity contribution in [3.05, 3.63) is 6.33 Å². The summed E-state index contributed by atoms with van der Waals surface area (Å²) in [5, 5.41) is 3.32. The van der Waals surface area contributed by atoms with Crippen LogP contribution in [0.3, 0.4) is 0 Å². The van der Waals surface area contributed by atoms with Crippen molar-refractivity contribution in [3.8, 4) is 6.01 Å². The summed E-state index contributed by atoms with van der Waals surface area (Å²) in [7, 11) is -1.99. The lowest BCUT2D eigenvalue weighted by atomic mass is 9.93. The zero-order valence-corrected chi connectivity index (χ0v) is 13.8. The molecule has 3 rings (SSSR count). The first-order valence-electron chi connectivity index (χ1n) is 7.34. The van der Waals surface area contributed by atoms with Gasteiger partial charge in [0.1, 0.15) is 5.52 Å². The number of aromatic amines is 1. The summed E-state index contributed by atoms with van der Waals surface area (Å²) in [6.45, 7) is 0. The van der Waals surface area contributed by atoms with Gasteiger partial charge >= 0.3 is 16.1 Å². The molecular formula is C13H19N5O4S. The quantitative estimate of drug-likeness (QED) is 0.775. The Balaban J connectivity index is 1.88. The number of rotatable bonds is 5. The predicted molar refractivity (Wildman–Crippen MR) is 83.8 cm³/mol. The number of fused-ring (bicyclic) bond motifs is 1. The van der Waals surface area contributed by atoms with E-state index in [-0.39, 0.29) is 18.2 Å². The van der Waals surface area contributed by atoms with Crippen LogP contribution in [0.2, 0.25) is 0 Å². The first-order valence-corrected chi connectivity index (χ1v) is 9.16. The third-order valence-electron chi connectivity index (χ3n) is 3.79. The molecule has 0 aliphatic heterocycles. The minimum atomic E-state index is -3.70. The Morgan fingerprint density at radius 3 is 2.91 bits per heavy atom. The predicted octanol–water partition coefficient (Wildman–Crippen LogP) is 1.06. The number of nitrogens with zero attached hydrogens (tertiary/aromatic N) is 3. The third kappa shape index (κ3) is 3.88. The molecule has 126 valence electrons. The molecule has 2 heterocycles. The molecule has 2 atom stereocenters. The van der Waals surface area contributed by atoms with Crippen molar-refractivity contribution in [2.24, 2.45) is 0 Å². The molecule has 9 nitrogen and oxygen atoms in total. The van der Waals surface area contributed by atoms with Gasteiger partial charge in [0, 0.05) is 13.2 Å². The van der Waals surface area contributed by atoms with Crippen LogP contribution in [0.15, 0.2) is 6.33 Å². The van der Waals surface area contributed by atoms with Crippen LogP contribution in [-0.4, -0.2) is 53.9 Å². The highest BCUT2D eigenvalue weighted by Gasteiger charge is 2.23. The van der Waals surface area contributed by atoms with Gasteiger partial charge in [0.25, 0.3) is 0 Å². The molecule has 2 aromatic heterocycles. The molecule has 2 unspecified atom stereocenters. The molecule has 10 heteroatoms. The summed E-state index contributed by atoms with van der Waals surface area (Å²) < 4.78 is 32.8. The van der Waals surface area contributed by atoms with Crippen molar-refractivity contribution in [3.63, 3.8) is 0 Å². The molecule has 1 aliphatic rings. The van der Waals surface area contributed by atoms with E-state index < -0.39 is 10.1 Å². The van der Waals surface area contributed by atoms with Crippen molar-refractivity contribution in [2.45, 2.75) is 37.8 Å². The van der Waals surface area contributed by atoms with Crippen LogP contribution in [0.5, 0.6) is 6.01 Å². The molecule has 23 heavy (non-hydrogen) atoms. The van der Waals surface area contributed by atoms with Gasteiger partial charge in [-0.3, -0.25) is 0 Å². The average molecular weight is 341 g/mol. The highest BCUT2D eigenvalue weighted by molar-refractivity contribution is 7.86. The largest absolute Gasteiger partial charge is 0.381 e. The Morgan fingerprint density at radius 1 is 1.35 bits per heavy atom. The zero-order chi connectivity index (χ0) is 16.4. The average Bonchev–Trinajstić information content (AvgIpc) is 2.94.